The lowest BCUT2D eigenvalue weighted by molar-refractivity contribution is -0.139. The Labute approximate surface area is 257 Å². The van der Waals surface area contributed by atoms with Gasteiger partial charge < -0.3 is 38.2 Å². The first kappa shape index (κ1) is 32.2. The predicted molar refractivity (Wildman–Crippen MR) is 164 cm³/mol. The van der Waals surface area contributed by atoms with Crippen LogP contribution < -0.4 is 24.0 Å². The van der Waals surface area contributed by atoms with Gasteiger partial charge in [-0.1, -0.05) is 36.4 Å². The minimum Gasteiger partial charge on any atom is -0.488 e. The van der Waals surface area contributed by atoms with Crippen LogP contribution in [-0.2, 0) is 30.4 Å². The van der Waals surface area contributed by atoms with E-state index >= 15 is 0 Å². The normalized spacial score (nSPS) is 14.0. The van der Waals surface area contributed by atoms with Crippen molar-refractivity contribution in [2.24, 2.45) is 0 Å². The Morgan fingerprint density at radius 1 is 0.795 bits per heavy atom. The van der Waals surface area contributed by atoms with Crippen LogP contribution in [0.3, 0.4) is 0 Å². The third-order valence-corrected chi connectivity index (χ3v) is 6.96. The highest BCUT2D eigenvalue weighted by Crippen LogP contribution is 2.36. The van der Waals surface area contributed by atoms with E-state index in [1.807, 2.05) is 60.4 Å². The van der Waals surface area contributed by atoms with Gasteiger partial charge >= 0.3 is 11.9 Å². The zero-order valence-electron chi connectivity index (χ0n) is 25.3. The lowest BCUT2D eigenvalue weighted by atomic mass is 10.1. The van der Waals surface area contributed by atoms with E-state index in [4.69, 9.17) is 28.4 Å². The van der Waals surface area contributed by atoms with Gasteiger partial charge in [0.25, 0.3) is 0 Å². The average Bonchev–Trinajstić information content (AvgIpc) is 3.04. The van der Waals surface area contributed by atoms with Crippen molar-refractivity contribution >= 4 is 29.6 Å². The van der Waals surface area contributed by atoms with Crippen molar-refractivity contribution < 1.29 is 42.8 Å². The fraction of sp³-hybridized carbons (Fsp3) is 0.364. The number of aldehydes is 1. The van der Waals surface area contributed by atoms with Crippen LogP contribution in [0.5, 0.6) is 17.2 Å². The maximum atomic E-state index is 12.5. The molecule has 44 heavy (non-hydrogen) atoms. The molecule has 1 aliphatic rings. The fourth-order valence-electron chi connectivity index (χ4n) is 4.64. The molecule has 11 heteroatoms. The van der Waals surface area contributed by atoms with Crippen LogP contribution in [0.15, 0.2) is 60.7 Å². The van der Waals surface area contributed by atoms with Gasteiger partial charge in [-0.3, -0.25) is 14.4 Å². The summed E-state index contributed by atoms with van der Waals surface area (Å²) in [6, 6.07) is 18.6. The van der Waals surface area contributed by atoms with Crippen molar-refractivity contribution in [3.05, 3.63) is 77.4 Å². The Kier molecular flexibility index (Phi) is 11.8. The van der Waals surface area contributed by atoms with Gasteiger partial charge in [-0.15, -0.1) is 0 Å². The summed E-state index contributed by atoms with van der Waals surface area (Å²) in [6.45, 7) is 3.63. The van der Waals surface area contributed by atoms with Gasteiger partial charge in [0.2, 0.25) is 0 Å². The summed E-state index contributed by atoms with van der Waals surface area (Å²) < 4.78 is 34.2. The summed E-state index contributed by atoms with van der Waals surface area (Å²) in [5, 5.41) is 0. The molecule has 0 bridgehead atoms. The lowest BCUT2D eigenvalue weighted by Gasteiger charge is -2.27. The highest BCUT2D eigenvalue weighted by molar-refractivity contribution is 5.84. The molecule has 0 aromatic heterocycles. The first-order valence-electron chi connectivity index (χ1n) is 14.3. The van der Waals surface area contributed by atoms with E-state index in [9.17, 15) is 14.4 Å². The molecular formula is C33H38N2O9. The number of fused-ring (bicyclic) bond motifs is 2. The van der Waals surface area contributed by atoms with E-state index < -0.39 is 11.9 Å². The van der Waals surface area contributed by atoms with Crippen LogP contribution in [-0.4, -0.2) is 85.1 Å². The number of hydrogen-bond acceptors (Lipinski definition) is 11. The Morgan fingerprint density at radius 2 is 1.41 bits per heavy atom. The molecule has 0 amide bonds. The number of carbonyl (C=O) groups excluding carboxylic acids is 3. The summed E-state index contributed by atoms with van der Waals surface area (Å²) in [5.41, 5.74) is 3.47. The standard InChI is InChI=1S/C33H38N2O9/c1-24-9-10-27-30(17-24)42-15-16-43-31-18-26(22-36)29(44-23-25-7-5-4-6-8-25)19-28(31)35(21-33(38)40-3)12-14-41-13-11-34(27)20-32(37)39-2/h4-10,17-19,22H,11-16,20-21,23H2,1-3H3. The molecule has 0 saturated carbocycles. The molecule has 0 aliphatic carbocycles. The van der Waals surface area contributed by atoms with Gasteiger partial charge in [-0.25, -0.2) is 0 Å². The number of carbonyl (C=O) groups is 3. The SMILES string of the molecule is COC(=O)CN1CCOCCN(CC(=O)OC)c2cc(OCc3ccccc3)c(C=O)cc2OCCOc2cc(C)ccc21. The van der Waals surface area contributed by atoms with Crippen molar-refractivity contribution in [3.8, 4) is 17.2 Å². The Balaban J connectivity index is 1.66. The third-order valence-electron chi connectivity index (χ3n) is 6.96. The Morgan fingerprint density at radius 3 is 2.02 bits per heavy atom. The summed E-state index contributed by atoms with van der Waals surface area (Å²) >= 11 is 0. The summed E-state index contributed by atoms with van der Waals surface area (Å²) in [6.07, 6.45) is 0.707. The van der Waals surface area contributed by atoms with Crippen molar-refractivity contribution in [1.82, 2.24) is 0 Å². The van der Waals surface area contributed by atoms with Crippen molar-refractivity contribution in [2.45, 2.75) is 13.5 Å². The molecule has 0 N–H and O–H groups in total. The molecule has 3 aromatic carbocycles. The van der Waals surface area contributed by atoms with Crippen LogP contribution in [0.25, 0.3) is 0 Å². The van der Waals surface area contributed by atoms with Crippen molar-refractivity contribution in [1.29, 1.82) is 0 Å². The smallest absolute Gasteiger partial charge is 0.325 e. The number of nitrogens with zero attached hydrogens (tertiary/aromatic N) is 2. The van der Waals surface area contributed by atoms with Crippen molar-refractivity contribution in [3.63, 3.8) is 0 Å². The quantitative estimate of drug-likeness (QED) is 0.275. The number of benzene rings is 3. The Hall–Kier alpha value is -4.77. The van der Waals surface area contributed by atoms with Crippen LogP contribution in [0.4, 0.5) is 11.4 Å². The molecule has 0 saturated heterocycles. The van der Waals surface area contributed by atoms with Gasteiger partial charge in [0, 0.05) is 19.2 Å². The molecule has 0 fully saturated rings. The molecule has 234 valence electrons. The van der Waals surface area contributed by atoms with Gasteiger partial charge in [-0.05, 0) is 36.2 Å². The minimum atomic E-state index is -0.460. The number of anilines is 2. The van der Waals surface area contributed by atoms with Crippen LogP contribution in [0.2, 0.25) is 0 Å². The minimum absolute atomic E-state index is 0.00984. The highest BCUT2D eigenvalue weighted by atomic mass is 16.5. The number of aryl methyl sites for hydroxylation is 1. The van der Waals surface area contributed by atoms with Crippen LogP contribution >= 0.6 is 0 Å². The van der Waals surface area contributed by atoms with Gasteiger partial charge in [0.1, 0.15) is 50.2 Å². The van der Waals surface area contributed by atoms with E-state index in [1.54, 1.807) is 17.0 Å². The number of methoxy groups -OCH3 is 2. The first-order valence-corrected chi connectivity index (χ1v) is 14.3. The molecule has 4 rings (SSSR count). The van der Waals surface area contributed by atoms with E-state index in [1.165, 1.54) is 14.2 Å². The molecule has 0 unspecified atom stereocenters. The van der Waals surface area contributed by atoms with Gasteiger partial charge in [0.15, 0.2) is 6.29 Å². The molecule has 3 aromatic rings. The van der Waals surface area contributed by atoms with E-state index in [2.05, 4.69) is 0 Å². The number of esters is 2. The summed E-state index contributed by atoms with van der Waals surface area (Å²) in [7, 11) is 2.67. The Bertz CT molecular complexity index is 1410. The maximum absolute atomic E-state index is 12.5. The fourth-order valence-corrected chi connectivity index (χ4v) is 4.64. The molecule has 1 aliphatic heterocycles. The molecular weight excluding hydrogens is 568 g/mol. The molecule has 0 radical (unpaired) electrons. The second kappa shape index (κ2) is 16.2. The topological polar surface area (TPSA) is 113 Å². The highest BCUT2D eigenvalue weighted by Gasteiger charge is 2.22. The van der Waals surface area contributed by atoms with E-state index in [0.29, 0.717) is 47.9 Å². The molecule has 0 atom stereocenters. The average molecular weight is 607 g/mol. The summed E-state index contributed by atoms with van der Waals surface area (Å²) in [4.78, 5) is 40.4. The third kappa shape index (κ3) is 8.87. The van der Waals surface area contributed by atoms with Crippen LogP contribution in [0, 0.1) is 6.92 Å². The monoisotopic (exact) mass is 606 g/mol. The summed E-state index contributed by atoms with van der Waals surface area (Å²) in [5.74, 6) is 0.447. The van der Waals surface area contributed by atoms with E-state index in [-0.39, 0.29) is 46.1 Å². The number of rotatable bonds is 8. The van der Waals surface area contributed by atoms with Crippen molar-refractivity contribution in [2.75, 3.05) is 76.6 Å². The van der Waals surface area contributed by atoms with Gasteiger partial charge in [0.05, 0.1) is 44.4 Å². The van der Waals surface area contributed by atoms with Gasteiger partial charge in [-0.2, -0.15) is 0 Å². The lowest BCUT2D eigenvalue weighted by Crippen LogP contribution is -2.36. The predicted octanol–water partition coefficient (Wildman–Crippen LogP) is 3.83. The van der Waals surface area contributed by atoms with E-state index in [0.717, 1.165) is 16.8 Å². The zero-order valence-corrected chi connectivity index (χ0v) is 25.3. The molecule has 1 heterocycles. The van der Waals surface area contributed by atoms with Crippen LogP contribution in [0.1, 0.15) is 21.5 Å². The first-order chi connectivity index (χ1) is 21.4. The maximum Gasteiger partial charge on any atom is 0.325 e. The number of ether oxygens (including phenoxy) is 6. The molecule has 0 spiro atoms. The molecule has 11 nitrogen and oxygen atoms in total. The second-order valence-corrected chi connectivity index (χ2v) is 10.0. The zero-order chi connectivity index (χ0) is 31.3. The largest absolute Gasteiger partial charge is 0.488 e. The second-order valence-electron chi connectivity index (χ2n) is 10.0. The number of hydrogen-bond donors (Lipinski definition) is 0.